The zero-order valence-electron chi connectivity index (χ0n) is 20.1. The smallest absolute Gasteiger partial charge is 0.245 e. The summed E-state index contributed by atoms with van der Waals surface area (Å²) in [5, 5.41) is 10.4. The second-order valence-corrected chi connectivity index (χ2v) is 10.6. The quantitative estimate of drug-likeness (QED) is 0.548. The summed E-state index contributed by atoms with van der Waals surface area (Å²) < 4.78 is 8.20. The van der Waals surface area contributed by atoms with Gasteiger partial charge in [-0.2, -0.15) is 5.26 Å². The van der Waals surface area contributed by atoms with Crippen LogP contribution in [0.25, 0.3) is 16.9 Å². The molecule has 8 nitrogen and oxygen atoms in total. The summed E-state index contributed by atoms with van der Waals surface area (Å²) in [7, 11) is 0. The molecule has 0 unspecified atom stereocenters. The second-order valence-electron chi connectivity index (χ2n) is 10.6. The second kappa shape index (κ2) is 7.65. The number of ether oxygens (including phenoxy) is 1. The molecule has 6 heterocycles. The Kier molecular flexibility index (Phi) is 4.77. The molecule has 0 saturated carbocycles. The van der Waals surface area contributed by atoms with E-state index in [1.165, 1.54) is 6.08 Å². The largest absolute Gasteiger partial charge is 0.370 e. The lowest BCUT2D eigenvalue weighted by molar-refractivity contribution is -0.136. The van der Waals surface area contributed by atoms with Crippen molar-refractivity contribution < 1.29 is 9.53 Å². The van der Waals surface area contributed by atoms with E-state index >= 15 is 0 Å². The fourth-order valence-corrected chi connectivity index (χ4v) is 5.84. The molecule has 3 aliphatic rings. The minimum Gasteiger partial charge on any atom is -0.370 e. The number of nitriles is 1. The minimum atomic E-state index is -0.325. The van der Waals surface area contributed by atoms with Gasteiger partial charge in [0.15, 0.2) is 0 Å². The predicted molar refractivity (Wildman–Crippen MR) is 132 cm³/mol. The number of pyridine rings is 2. The third kappa shape index (κ3) is 3.41. The van der Waals surface area contributed by atoms with E-state index in [1.807, 2.05) is 39.9 Å². The molecular weight excluding hydrogens is 440 g/mol. The molecule has 3 aliphatic heterocycles. The highest BCUT2D eigenvalue weighted by molar-refractivity contribution is 5.88. The van der Waals surface area contributed by atoms with Gasteiger partial charge in [0.2, 0.25) is 5.91 Å². The zero-order valence-corrected chi connectivity index (χ0v) is 20.1. The van der Waals surface area contributed by atoms with Crippen LogP contribution < -0.4 is 4.90 Å². The zero-order chi connectivity index (χ0) is 24.4. The van der Waals surface area contributed by atoms with Gasteiger partial charge >= 0.3 is 0 Å². The number of hydrogen-bond donors (Lipinski definition) is 0. The van der Waals surface area contributed by atoms with Gasteiger partial charge in [0.25, 0.3) is 0 Å². The van der Waals surface area contributed by atoms with E-state index in [-0.39, 0.29) is 16.9 Å². The Balaban J connectivity index is 1.46. The van der Waals surface area contributed by atoms with Gasteiger partial charge in [0.1, 0.15) is 23.1 Å². The first-order valence-electron chi connectivity index (χ1n) is 12.0. The molecule has 0 aliphatic carbocycles. The summed E-state index contributed by atoms with van der Waals surface area (Å²) in [5.74, 6) is 0.714. The van der Waals surface area contributed by atoms with Gasteiger partial charge in [-0.3, -0.25) is 9.20 Å². The first kappa shape index (κ1) is 21.8. The van der Waals surface area contributed by atoms with Crippen LogP contribution in [0.3, 0.4) is 0 Å². The van der Waals surface area contributed by atoms with Crippen molar-refractivity contribution in [2.45, 2.75) is 38.9 Å². The van der Waals surface area contributed by atoms with Crippen molar-refractivity contribution in [3.63, 3.8) is 0 Å². The molecule has 35 heavy (non-hydrogen) atoms. The highest BCUT2D eigenvalue weighted by Crippen LogP contribution is 2.44. The van der Waals surface area contributed by atoms with E-state index in [0.29, 0.717) is 18.6 Å². The van der Waals surface area contributed by atoms with Crippen LogP contribution in [0.2, 0.25) is 0 Å². The highest BCUT2D eigenvalue weighted by Gasteiger charge is 2.49. The van der Waals surface area contributed by atoms with E-state index in [9.17, 15) is 10.1 Å². The number of aromatic nitrogens is 3. The van der Waals surface area contributed by atoms with Crippen LogP contribution in [0.1, 0.15) is 37.1 Å². The Morgan fingerprint density at radius 3 is 2.89 bits per heavy atom. The van der Waals surface area contributed by atoms with Gasteiger partial charge in [0.05, 0.1) is 29.8 Å². The summed E-state index contributed by atoms with van der Waals surface area (Å²) in [6, 6.07) is 8.37. The van der Waals surface area contributed by atoms with Crippen molar-refractivity contribution in [3.8, 4) is 17.3 Å². The topological polar surface area (TPSA) is 86.8 Å². The van der Waals surface area contributed by atoms with E-state index in [0.717, 1.165) is 66.6 Å². The Bertz CT molecular complexity index is 1410. The molecule has 178 valence electrons. The summed E-state index contributed by atoms with van der Waals surface area (Å²) >= 11 is 0. The van der Waals surface area contributed by atoms with Gasteiger partial charge in [-0.25, -0.2) is 9.97 Å². The Morgan fingerprint density at radius 2 is 2.11 bits per heavy atom. The molecule has 3 aromatic rings. The van der Waals surface area contributed by atoms with Gasteiger partial charge in [-0.15, -0.1) is 0 Å². The van der Waals surface area contributed by atoms with E-state index in [1.54, 1.807) is 0 Å². The minimum absolute atomic E-state index is 0.0178. The maximum absolute atomic E-state index is 12.0. The van der Waals surface area contributed by atoms with Crippen LogP contribution in [0.15, 0.2) is 43.2 Å². The molecular formula is C27H28N6O2. The number of nitrogens with zero attached hydrogens (tertiary/aromatic N) is 6. The first-order valence-corrected chi connectivity index (χ1v) is 12.0. The van der Waals surface area contributed by atoms with Crippen LogP contribution in [0.5, 0.6) is 0 Å². The van der Waals surface area contributed by atoms with Crippen LogP contribution in [0.4, 0.5) is 5.82 Å². The standard InChI is InChI=1S/C27H28N6O2/c1-4-23(34)32-16-27(17-32)8-10-31(15-27)25-18(12-28)24(19-14-35-26(2,3)11-20(19)30-25)21-13-29-22-7-5-6-9-33(21)22/h4-7,9,13H,1,8,10-11,14-17H2,2-3H3. The normalized spacial score (nSPS) is 19.9. The van der Waals surface area contributed by atoms with E-state index in [4.69, 9.17) is 9.72 Å². The van der Waals surface area contributed by atoms with Crippen LogP contribution in [-0.4, -0.2) is 57.0 Å². The molecule has 1 amide bonds. The van der Waals surface area contributed by atoms with Crippen LogP contribution in [-0.2, 0) is 22.6 Å². The molecule has 3 aromatic heterocycles. The molecule has 2 fully saturated rings. The summed E-state index contributed by atoms with van der Waals surface area (Å²) in [6.45, 7) is 11.2. The van der Waals surface area contributed by atoms with Crippen molar-refractivity contribution in [3.05, 3.63) is 60.1 Å². The van der Waals surface area contributed by atoms with Gasteiger partial charge in [0, 0.05) is 55.3 Å². The molecule has 8 heteroatoms. The van der Waals surface area contributed by atoms with Crippen LogP contribution in [0, 0.1) is 16.7 Å². The third-order valence-corrected chi connectivity index (χ3v) is 7.63. The number of rotatable bonds is 3. The number of hydrogen-bond acceptors (Lipinski definition) is 6. The summed E-state index contributed by atoms with van der Waals surface area (Å²) in [5.41, 5.74) is 4.80. The molecule has 0 N–H and O–H groups in total. The lowest BCUT2D eigenvalue weighted by Crippen LogP contribution is -2.59. The van der Waals surface area contributed by atoms with Gasteiger partial charge in [-0.1, -0.05) is 12.6 Å². The number of carbonyl (C=O) groups is 1. The first-order chi connectivity index (χ1) is 16.8. The van der Waals surface area contributed by atoms with Gasteiger partial charge in [-0.05, 0) is 38.5 Å². The number of imidazole rings is 1. The molecule has 1 spiro atoms. The van der Waals surface area contributed by atoms with Gasteiger partial charge < -0.3 is 14.5 Å². The van der Waals surface area contributed by atoms with E-state index < -0.39 is 0 Å². The fraction of sp³-hybridized carbons (Fsp3) is 0.407. The number of likely N-dealkylation sites (tertiary alicyclic amines) is 1. The highest BCUT2D eigenvalue weighted by atomic mass is 16.5. The molecule has 2 saturated heterocycles. The summed E-state index contributed by atoms with van der Waals surface area (Å²) in [4.78, 5) is 25.8. The number of anilines is 1. The monoisotopic (exact) mass is 468 g/mol. The molecule has 0 atom stereocenters. The van der Waals surface area contributed by atoms with E-state index in [2.05, 4.69) is 36.4 Å². The maximum Gasteiger partial charge on any atom is 0.245 e. The van der Waals surface area contributed by atoms with Crippen molar-refractivity contribution in [1.29, 1.82) is 5.26 Å². The number of carbonyl (C=O) groups excluding carboxylic acids is 1. The maximum atomic E-state index is 12.0. The average Bonchev–Trinajstić information content (AvgIpc) is 3.46. The Labute approximate surface area is 204 Å². The Hall–Kier alpha value is -3.70. The lowest BCUT2D eigenvalue weighted by Gasteiger charge is -2.47. The Morgan fingerprint density at radius 1 is 1.29 bits per heavy atom. The average molecular weight is 469 g/mol. The van der Waals surface area contributed by atoms with Crippen LogP contribution >= 0.6 is 0 Å². The SMILES string of the molecule is C=CC(=O)N1CC2(CCN(c3nc4c(c(-c5cnc6ccccn56)c3C#N)COC(C)(C)C4)C2)C1. The van der Waals surface area contributed by atoms with Crippen molar-refractivity contribution in [1.82, 2.24) is 19.3 Å². The number of fused-ring (bicyclic) bond motifs is 2. The lowest BCUT2D eigenvalue weighted by atomic mass is 9.79. The fourth-order valence-electron chi connectivity index (χ4n) is 5.84. The van der Waals surface area contributed by atoms with Crippen molar-refractivity contribution in [2.75, 3.05) is 31.1 Å². The molecule has 0 bridgehead atoms. The van der Waals surface area contributed by atoms with Crippen molar-refractivity contribution >= 4 is 17.4 Å². The summed E-state index contributed by atoms with van der Waals surface area (Å²) in [6.07, 6.45) is 6.84. The molecule has 0 radical (unpaired) electrons. The molecule has 6 rings (SSSR count). The number of amides is 1. The predicted octanol–water partition coefficient (Wildman–Crippen LogP) is 3.34. The molecule has 0 aromatic carbocycles. The van der Waals surface area contributed by atoms with Crippen molar-refractivity contribution in [2.24, 2.45) is 5.41 Å². The third-order valence-electron chi connectivity index (χ3n) is 7.63.